The Bertz CT molecular complexity index is 2810. The molecule has 0 radical (unpaired) electrons. The van der Waals surface area contributed by atoms with E-state index in [9.17, 15) is 0 Å². The fraction of sp³-hybridized carbons (Fsp3) is 0. The summed E-state index contributed by atoms with van der Waals surface area (Å²) >= 11 is 1.86. The highest BCUT2D eigenvalue weighted by Gasteiger charge is 2.18. The maximum atomic E-state index is 2.40. The summed E-state index contributed by atoms with van der Waals surface area (Å²) in [6.07, 6.45) is 0. The van der Waals surface area contributed by atoms with Gasteiger partial charge in [-0.3, -0.25) is 0 Å². The van der Waals surface area contributed by atoms with Crippen molar-refractivity contribution in [2.45, 2.75) is 0 Å². The molecule has 0 amide bonds. The van der Waals surface area contributed by atoms with Crippen molar-refractivity contribution >= 4 is 81.1 Å². The summed E-state index contributed by atoms with van der Waals surface area (Å²) in [6, 6.07) is 66.0. The van der Waals surface area contributed by atoms with Crippen molar-refractivity contribution in [3.8, 4) is 16.8 Å². The smallest absolute Gasteiger partial charge is 0.0640 e. The Morgan fingerprint density at radius 3 is 1.86 bits per heavy atom. The summed E-state index contributed by atoms with van der Waals surface area (Å²) in [5.74, 6) is 0. The third kappa shape index (κ3) is 4.47. The van der Waals surface area contributed by atoms with Gasteiger partial charge in [-0.15, -0.1) is 11.3 Å². The van der Waals surface area contributed by atoms with Crippen LogP contribution in [0.15, 0.2) is 182 Å². The maximum absolute atomic E-state index is 2.40. The van der Waals surface area contributed by atoms with E-state index in [-0.39, 0.29) is 0 Å². The highest BCUT2D eigenvalue weighted by Crippen LogP contribution is 2.45. The van der Waals surface area contributed by atoms with Crippen LogP contribution < -0.4 is 4.90 Å². The molecule has 0 saturated heterocycles. The lowest BCUT2D eigenvalue weighted by Crippen LogP contribution is -2.09. The first-order valence-corrected chi connectivity index (χ1v) is 17.5. The van der Waals surface area contributed by atoms with Crippen LogP contribution in [0.2, 0.25) is 0 Å². The average Bonchev–Trinajstić information content (AvgIpc) is 3.73. The number of hydrogen-bond acceptors (Lipinski definition) is 2. The number of thiophene rings is 1. The van der Waals surface area contributed by atoms with E-state index in [0.29, 0.717) is 0 Å². The standard InChI is InChI=1S/C46H30N2S/c1-2-12-34(13-3-1)47(43-19-10-17-39-38-15-7-9-20-44(38)49-46(39)43)35-26-21-31(22-27-35)32-23-28-36(29-24-32)48-41-18-8-6-16-40(41)45-37-14-5-4-11-33(37)25-30-42(45)48/h1-30H. The van der Waals surface area contributed by atoms with Gasteiger partial charge in [0, 0.05) is 43.3 Å². The van der Waals surface area contributed by atoms with Crippen molar-refractivity contribution in [3.63, 3.8) is 0 Å². The number of anilines is 3. The molecule has 2 heterocycles. The lowest BCUT2D eigenvalue weighted by atomic mass is 10.0. The highest BCUT2D eigenvalue weighted by atomic mass is 32.1. The van der Waals surface area contributed by atoms with Crippen LogP contribution in [0.25, 0.3) is 69.6 Å². The summed E-state index contributed by atoms with van der Waals surface area (Å²) < 4.78 is 5.01. The lowest BCUT2D eigenvalue weighted by Gasteiger charge is -2.26. The third-order valence-electron chi connectivity index (χ3n) is 9.79. The molecule has 0 aliphatic rings. The molecule has 0 atom stereocenters. The Labute approximate surface area is 288 Å². The Morgan fingerprint density at radius 1 is 0.408 bits per heavy atom. The first-order chi connectivity index (χ1) is 24.3. The summed E-state index contributed by atoms with van der Waals surface area (Å²) in [4.78, 5) is 2.39. The van der Waals surface area contributed by atoms with Gasteiger partial charge < -0.3 is 9.47 Å². The number of hydrogen-bond donors (Lipinski definition) is 0. The van der Waals surface area contributed by atoms with Crippen molar-refractivity contribution in [2.75, 3.05) is 4.90 Å². The van der Waals surface area contributed by atoms with Gasteiger partial charge in [0.15, 0.2) is 0 Å². The van der Waals surface area contributed by atoms with Gasteiger partial charge in [0.2, 0.25) is 0 Å². The number of para-hydroxylation sites is 2. The second-order valence-corrected chi connectivity index (χ2v) is 13.6. The van der Waals surface area contributed by atoms with E-state index in [1.165, 1.54) is 69.6 Å². The fourth-order valence-electron chi connectivity index (χ4n) is 7.54. The van der Waals surface area contributed by atoms with E-state index in [0.717, 1.165) is 17.1 Å². The molecule has 0 N–H and O–H groups in total. The Balaban J connectivity index is 1.05. The molecule has 230 valence electrons. The predicted octanol–water partition coefficient (Wildman–Crippen LogP) is 13.4. The first kappa shape index (κ1) is 27.9. The Morgan fingerprint density at radius 2 is 1.04 bits per heavy atom. The molecule has 2 nitrogen and oxygen atoms in total. The van der Waals surface area contributed by atoms with E-state index in [1.54, 1.807) is 0 Å². The molecule has 0 spiro atoms. The topological polar surface area (TPSA) is 8.17 Å². The summed E-state index contributed by atoms with van der Waals surface area (Å²) in [7, 11) is 0. The zero-order valence-corrected chi connectivity index (χ0v) is 27.4. The lowest BCUT2D eigenvalue weighted by molar-refractivity contribution is 1.18. The zero-order valence-electron chi connectivity index (χ0n) is 26.6. The SMILES string of the molecule is c1ccc(N(c2ccc(-c3ccc(-n4c5ccccc5c5c6ccccc6ccc54)cc3)cc2)c2cccc3c2sc2ccccc23)cc1. The molecule has 8 aromatic carbocycles. The Kier molecular flexibility index (Phi) is 6.39. The molecule has 0 fully saturated rings. The molecule has 10 rings (SSSR count). The van der Waals surface area contributed by atoms with Crippen LogP contribution in [0, 0.1) is 0 Å². The third-order valence-corrected chi connectivity index (χ3v) is 11.0. The first-order valence-electron chi connectivity index (χ1n) is 16.7. The number of nitrogens with zero attached hydrogens (tertiary/aromatic N) is 2. The normalized spacial score (nSPS) is 11.7. The number of fused-ring (bicyclic) bond motifs is 8. The van der Waals surface area contributed by atoms with Crippen LogP contribution >= 0.6 is 11.3 Å². The largest absolute Gasteiger partial charge is 0.309 e. The van der Waals surface area contributed by atoms with E-state index >= 15 is 0 Å². The van der Waals surface area contributed by atoms with Gasteiger partial charge in [0.05, 0.1) is 21.4 Å². The molecule has 0 bridgehead atoms. The quantitative estimate of drug-likeness (QED) is 0.181. The van der Waals surface area contributed by atoms with Crippen LogP contribution in [-0.2, 0) is 0 Å². The molecule has 0 aliphatic heterocycles. The van der Waals surface area contributed by atoms with E-state index in [4.69, 9.17) is 0 Å². The molecule has 3 heteroatoms. The van der Waals surface area contributed by atoms with Gasteiger partial charge in [-0.25, -0.2) is 0 Å². The van der Waals surface area contributed by atoms with Gasteiger partial charge in [0.1, 0.15) is 0 Å². The average molecular weight is 643 g/mol. The number of rotatable bonds is 5. The molecule has 2 aromatic heterocycles. The molecule has 0 aliphatic carbocycles. The minimum Gasteiger partial charge on any atom is -0.309 e. The molecule has 10 aromatic rings. The minimum atomic E-state index is 1.13. The maximum Gasteiger partial charge on any atom is 0.0640 e. The van der Waals surface area contributed by atoms with Crippen LogP contribution in [0.1, 0.15) is 0 Å². The van der Waals surface area contributed by atoms with Gasteiger partial charge in [-0.1, -0.05) is 121 Å². The van der Waals surface area contributed by atoms with Crippen LogP contribution in [0.5, 0.6) is 0 Å². The zero-order chi connectivity index (χ0) is 32.3. The summed E-state index contributed by atoms with van der Waals surface area (Å²) in [5, 5.41) is 7.76. The van der Waals surface area contributed by atoms with Crippen molar-refractivity contribution < 1.29 is 0 Å². The number of aromatic nitrogens is 1. The number of benzene rings is 8. The highest BCUT2D eigenvalue weighted by molar-refractivity contribution is 7.26. The van der Waals surface area contributed by atoms with E-state index in [2.05, 4.69) is 191 Å². The summed E-state index contributed by atoms with van der Waals surface area (Å²) in [6.45, 7) is 0. The second kappa shape index (κ2) is 11.2. The van der Waals surface area contributed by atoms with Crippen molar-refractivity contribution in [2.24, 2.45) is 0 Å². The summed E-state index contributed by atoms with van der Waals surface area (Å²) in [5.41, 5.74) is 9.47. The molecule has 0 unspecified atom stereocenters. The van der Waals surface area contributed by atoms with Gasteiger partial charge in [-0.2, -0.15) is 0 Å². The Hall–Kier alpha value is -6.16. The molecular formula is C46H30N2S. The van der Waals surface area contributed by atoms with Gasteiger partial charge in [0.25, 0.3) is 0 Å². The fourth-order valence-corrected chi connectivity index (χ4v) is 8.74. The van der Waals surface area contributed by atoms with Crippen molar-refractivity contribution in [1.82, 2.24) is 4.57 Å². The van der Waals surface area contributed by atoms with Crippen LogP contribution in [-0.4, -0.2) is 4.57 Å². The van der Waals surface area contributed by atoms with Gasteiger partial charge in [-0.05, 0) is 82.6 Å². The van der Waals surface area contributed by atoms with E-state index < -0.39 is 0 Å². The van der Waals surface area contributed by atoms with Crippen LogP contribution in [0.3, 0.4) is 0 Å². The molecule has 49 heavy (non-hydrogen) atoms. The van der Waals surface area contributed by atoms with Crippen molar-refractivity contribution in [3.05, 3.63) is 182 Å². The molecular weight excluding hydrogens is 613 g/mol. The van der Waals surface area contributed by atoms with Crippen molar-refractivity contribution in [1.29, 1.82) is 0 Å². The second-order valence-electron chi connectivity index (χ2n) is 12.6. The monoisotopic (exact) mass is 642 g/mol. The minimum absolute atomic E-state index is 1.13. The molecule has 0 saturated carbocycles. The van der Waals surface area contributed by atoms with Crippen LogP contribution in [0.4, 0.5) is 17.1 Å². The van der Waals surface area contributed by atoms with E-state index in [1.807, 2.05) is 11.3 Å². The van der Waals surface area contributed by atoms with Gasteiger partial charge >= 0.3 is 0 Å². The predicted molar refractivity (Wildman–Crippen MR) is 211 cm³/mol.